The Hall–Kier alpha value is -3.67. The number of imide groups is 1. The molecule has 0 aliphatic heterocycles. The third kappa shape index (κ3) is 7.39. The number of hydrogen-bond donors (Lipinski definition) is 6. The van der Waals surface area contributed by atoms with Crippen LogP contribution in [0.5, 0.6) is 0 Å². The molecule has 1 atom stereocenters. The molecule has 0 bridgehead atoms. The third-order valence-electron chi connectivity index (χ3n) is 3.28. The van der Waals surface area contributed by atoms with E-state index in [1.165, 1.54) is 7.05 Å². The van der Waals surface area contributed by atoms with E-state index in [1.807, 2.05) is 0 Å². The average molecular weight is 379 g/mol. The number of nitrogens with two attached hydrogens (primary N) is 3. The number of benzene rings is 1. The molecule has 0 fully saturated rings. The average Bonchev–Trinajstić information content (AvgIpc) is 2.56. The summed E-state index contributed by atoms with van der Waals surface area (Å²) in [4.78, 5) is 50.6. The van der Waals surface area contributed by atoms with Crippen LogP contribution in [0.15, 0.2) is 29.3 Å². The van der Waals surface area contributed by atoms with Crippen molar-refractivity contribution in [3.05, 3.63) is 29.8 Å². The number of nitrogens with zero attached hydrogens (tertiary/aromatic N) is 2. The molecular formula is C15H21N7O5. The standard InChI is InChI=1S/C15H21N7O5/c1-22(15(27)21-20-10(13(16)26)7-12(24)25)11(23)6-8-3-2-4-9(5-8)19-14(17)18/h2-5,10,20H,6-7H2,1H3,(H2,16,26)(H,21,27)(H,24,25)(H4,17,18,19)/t10-/m0/s1. The number of aliphatic carboxylic acids is 1. The van der Waals surface area contributed by atoms with Crippen LogP contribution in [-0.4, -0.2) is 52.9 Å². The van der Waals surface area contributed by atoms with Gasteiger partial charge in [-0.15, -0.1) is 0 Å². The highest BCUT2D eigenvalue weighted by atomic mass is 16.4. The van der Waals surface area contributed by atoms with E-state index in [0.29, 0.717) is 11.3 Å². The number of carbonyl (C=O) groups is 4. The van der Waals surface area contributed by atoms with Crippen LogP contribution < -0.4 is 28.1 Å². The zero-order valence-corrected chi connectivity index (χ0v) is 14.5. The molecule has 12 nitrogen and oxygen atoms in total. The number of aliphatic imine (C=N–C) groups is 1. The van der Waals surface area contributed by atoms with Crippen LogP contribution in [0.4, 0.5) is 10.5 Å². The maximum absolute atomic E-state index is 12.2. The van der Waals surface area contributed by atoms with Crippen molar-refractivity contribution < 1.29 is 24.3 Å². The first-order chi connectivity index (χ1) is 12.6. The largest absolute Gasteiger partial charge is 0.481 e. The van der Waals surface area contributed by atoms with E-state index in [-0.39, 0.29) is 12.4 Å². The Balaban J connectivity index is 2.67. The molecule has 1 rings (SSSR count). The molecule has 0 unspecified atom stereocenters. The summed E-state index contributed by atoms with van der Waals surface area (Å²) in [7, 11) is 1.22. The van der Waals surface area contributed by atoms with Crippen molar-refractivity contribution in [2.45, 2.75) is 18.9 Å². The molecule has 0 heterocycles. The van der Waals surface area contributed by atoms with Crippen LogP contribution in [0.2, 0.25) is 0 Å². The van der Waals surface area contributed by atoms with E-state index in [0.717, 1.165) is 4.90 Å². The van der Waals surface area contributed by atoms with Gasteiger partial charge in [-0.05, 0) is 17.7 Å². The van der Waals surface area contributed by atoms with Crippen LogP contribution in [0.25, 0.3) is 0 Å². The predicted molar refractivity (Wildman–Crippen MR) is 95.3 cm³/mol. The highest BCUT2D eigenvalue weighted by Crippen LogP contribution is 2.14. The van der Waals surface area contributed by atoms with Gasteiger partial charge in [0.2, 0.25) is 11.8 Å². The van der Waals surface area contributed by atoms with Gasteiger partial charge < -0.3 is 22.3 Å². The van der Waals surface area contributed by atoms with E-state index in [1.54, 1.807) is 24.3 Å². The normalized spacial score (nSPS) is 11.1. The highest BCUT2D eigenvalue weighted by Gasteiger charge is 2.22. The zero-order chi connectivity index (χ0) is 20.6. The molecule has 0 radical (unpaired) electrons. The van der Waals surface area contributed by atoms with Gasteiger partial charge in [0.25, 0.3) is 0 Å². The molecule has 9 N–H and O–H groups in total. The van der Waals surface area contributed by atoms with Crippen LogP contribution >= 0.6 is 0 Å². The van der Waals surface area contributed by atoms with Crippen molar-refractivity contribution in [2.75, 3.05) is 7.05 Å². The molecule has 0 saturated heterocycles. The second kappa shape index (κ2) is 9.72. The number of carboxylic acids is 1. The monoisotopic (exact) mass is 379 g/mol. The SMILES string of the molecule is CN(C(=O)Cc1cccc(N=C(N)N)c1)C(=O)NN[C@@H](CC(=O)O)C(N)=O. The number of urea groups is 1. The lowest BCUT2D eigenvalue weighted by atomic mass is 10.1. The number of carbonyl (C=O) groups excluding carboxylic acids is 3. The van der Waals surface area contributed by atoms with Gasteiger partial charge in [-0.25, -0.2) is 15.2 Å². The maximum atomic E-state index is 12.2. The Bertz CT molecular complexity index is 761. The van der Waals surface area contributed by atoms with Gasteiger partial charge in [0.05, 0.1) is 18.5 Å². The minimum absolute atomic E-state index is 0.119. The molecule has 0 spiro atoms. The molecule has 0 aliphatic rings. The summed E-state index contributed by atoms with van der Waals surface area (Å²) in [5.41, 5.74) is 20.9. The molecule has 0 saturated carbocycles. The van der Waals surface area contributed by atoms with Crippen molar-refractivity contribution >= 4 is 35.5 Å². The minimum Gasteiger partial charge on any atom is -0.481 e. The van der Waals surface area contributed by atoms with Gasteiger partial charge in [-0.3, -0.25) is 24.7 Å². The molecule has 1 aromatic rings. The quantitative estimate of drug-likeness (QED) is 0.171. The number of carboxylic acid groups (broad SMARTS) is 1. The predicted octanol–water partition coefficient (Wildman–Crippen LogP) is -1.86. The van der Waals surface area contributed by atoms with Crippen molar-refractivity contribution in [2.24, 2.45) is 22.2 Å². The Morgan fingerprint density at radius 1 is 1.22 bits per heavy atom. The second-order valence-corrected chi connectivity index (χ2v) is 5.46. The van der Waals surface area contributed by atoms with E-state index in [4.69, 9.17) is 22.3 Å². The van der Waals surface area contributed by atoms with Crippen LogP contribution in [0, 0.1) is 0 Å². The number of hydrogen-bond acceptors (Lipinski definition) is 6. The molecule has 1 aromatic carbocycles. The van der Waals surface area contributed by atoms with E-state index in [9.17, 15) is 19.2 Å². The fraction of sp³-hybridized carbons (Fsp3) is 0.267. The molecule has 27 heavy (non-hydrogen) atoms. The number of hydrazine groups is 1. The van der Waals surface area contributed by atoms with E-state index >= 15 is 0 Å². The lowest BCUT2D eigenvalue weighted by Gasteiger charge is -2.19. The number of rotatable bonds is 8. The maximum Gasteiger partial charge on any atom is 0.338 e. The second-order valence-electron chi connectivity index (χ2n) is 5.46. The van der Waals surface area contributed by atoms with Crippen LogP contribution in [-0.2, 0) is 20.8 Å². The first kappa shape index (κ1) is 21.4. The summed E-state index contributed by atoms with van der Waals surface area (Å²) in [6.07, 6.45) is -0.753. The zero-order valence-electron chi connectivity index (χ0n) is 14.5. The topological polar surface area (TPSA) is 206 Å². The van der Waals surface area contributed by atoms with Crippen LogP contribution in [0.1, 0.15) is 12.0 Å². The minimum atomic E-state index is -1.33. The van der Waals surface area contributed by atoms with E-state index < -0.39 is 36.3 Å². The number of guanidine groups is 1. The first-order valence-corrected chi connectivity index (χ1v) is 7.62. The Morgan fingerprint density at radius 2 is 1.89 bits per heavy atom. The Kier molecular flexibility index (Phi) is 7.69. The number of nitrogens with one attached hydrogen (secondary N) is 2. The summed E-state index contributed by atoms with van der Waals surface area (Å²) in [6, 6.07) is 4.31. The molecular weight excluding hydrogens is 358 g/mol. The summed E-state index contributed by atoms with van der Waals surface area (Å²) in [5, 5.41) is 8.69. The Morgan fingerprint density at radius 3 is 2.44 bits per heavy atom. The van der Waals surface area contributed by atoms with Crippen molar-refractivity contribution in [3.8, 4) is 0 Å². The molecule has 146 valence electrons. The van der Waals surface area contributed by atoms with Gasteiger partial charge in [0, 0.05) is 7.05 Å². The van der Waals surface area contributed by atoms with E-state index in [2.05, 4.69) is 15.8 Å². The molecule has 0 aromatic heterocycles. The first-order valence-electron chi connectivity index (χ1n) is 7.62. The molecule has 4 amide bonds. The number of amides is 4. The lowest BCUT2D eigenvalue weighted by Crippen LogP contribution is -2.55. The van der Waals surface area contributed by atoms with Gasteiger partial charge in [-0.1, -0.05) is 12.1 Å². The van der Waals surface area contributed by atoms with Crippen molar-refractivity contribution in [1.29, 1.82) is 0 Å². The summed E-state index contributed by atoms with van der Waals surface area (Å²) < 4.78 is 0. The van der Waals surface area contributed by atoms with Gasteiger partial charge >= 0.3 is 12.0 Å². The van der Waals surface area contributed by atoms with Crippen molar-refractivity contribution in [1.82, 2.24) is 15.8 Å². The molecule has 12 heteroatoms. The van der Waals surface area contributed by atoms with Gasteiger partial charge in [-0.2, -0.15) is 0 Å². The smallest absolute Gasteiger partial charge is 0.338 e. The van der Waals surface area contributed by atoms with Gasteiger partial charge in [0.15, 0.2) is 5.96 Å². The highest BCUT2D eigenvalue weighted by molar-refractivity contribution is 5.95. The fourth-order valence-corrected chi connectivity index (χ4v) is 1.92. The van der Waals surface area contributed by atoms with Gasteiger partial charge in [0.1, 0.15) is 6.04 Å². The molecule has 0 aliphatic carbocycles. The summed E-state index contributed by atoms with van der Waals surface area (Å²) >= 11 is 0. The Labute approximate surface area is 154 Å². The number of likely N-dealkylation sites (N-methyl/N-ethyl adjacent to an activating group) is 1. The van der Waals surface area contributed by atoms with Crippen LogP contribution in [0.3, 0.4) is 0 Å². The summed E-state index contributed by atoms with van der Waals surface area (Å²) in [6.45, 7) is 0. The number of primary amides is 1. The fourth-order valence-electron chi connectivity index (χ4n) is 1.92. The third-order valence-corrected chi connectivity index (χ3v) is 3.28. The van der Waals surface area contributed by atoms with Crippen molar-refractivity contribution in [3.63, 3.8) is 0 Å². The summed E-state index contributed by atoms with van der Waals surface area (Å²) in [5.74, 6) is -2.95. The lowest BCUT2D eigenvalue weighted by molar-refractivity contribution is -0.139.